The molecule has 7 heteroatoms. The number of hydrogen-bond donors (Lipinski definition) is 0. The van der Waals surface area contributed by atoms with E-state index < -0.39 is 0 Å². The Labute approximate surface area is 166 Å². The lowest BCUT2D eigenvalue weighted by Crippen LogP contribution is -2.24. The van der Waals surface area contributed by atoms with Crippen molar-refractivity contribution in [2.24, 2.45) is 0 Å². The van der Waals surface area contributed by atoms with E-state index in [0.717, 1.165) is 11.3 Å². The van der Waals surface area contributed by atoms with E-state index in [-0.39, 0.29) is 11.8 Å². The van der Waals surface area contributed by atoms with Gasteiger partial charge in [0.2, 0.25) is 17.6 Å². The van der Waals surface area contributed by atoms with Crippen LogP contribution < -0.4 is 4.90 Å². The molecule has 1 fully saturated rings. The molecule has 1 unspecified atom stereocenters. The van der Waals surface area contributed by atoms with Crippen LogP contribution >= 0.6 is 23.5 Å². The minimum absolute atomic E-state index is 0.0792. The van der Waals surface area contributed by atoms with Crippen LogP contribution in [0.4, 0.5) is 5.69 Å². The molecule has 0 bridgehead atoms. The van der Waals surface area contributed by atoms with Crippen LogP contribution in [-0.4, -0.2) is 35.1 Å². The molecule has 5 nitrogen and oxygen atoms in total. The Balaban J connectivity index is 1.51. The summed E-state index contributed by atoms with van der Waals surface area (Å²) in [4.78, 5) is 21.2. The fraction of sp³-hybridized carbons (Fsp3) is 0.250. The highest BCUT2D eigenvalue weighted by molar-refractivity contribution is 7.98. The van der Waals surface area contributed by atoms with Crippen LogP contribution in [0.3, 0.4) is 0 Å². The number of amides is 1. The van der Waals surface area contributed by atoms with Crippen LogP contribution in [0.25, 0.3) is 11.4 Å². The Kier molecular flexibility index (Phi) is 5.22. The van der Waals surface area contributed by atoms with E-state index in [9.17, 15) is 4.79 Å². The number of rotatable bonds is 5. The third kappa shape index (κ3) is 3.75. The van der Waals surface area contributed by atoms with Crippen molar-refractivity contribution in [1.82, 2.24) is 10.1 Å². The molecule has 138 valence electrons. The minimum Gasteiger partial charge on any atom is -0.339 e. The molecule has 0 saturated carbocycles. The van der Waals surface area contributed by atoms with Gasteiger partial charge >= 0.3 is 0 Å². The quantitative estimate of drug-likeness (QED) is 0.582. The number of thioether (sulfide) groups is 2. The SMILES string of the molecule is CSc1ccc(-c2noc(C3CC(=O)N(c4ccc(SC)cc4)C3)n2)cc1. The lowest BCUT2D eigenvalue weighted by atomic mass is 10.1. The van der Waals surface area contributed by atoms with Crippen molar-refractivity contribution in [3.63, 3.8) is 0 Å². The number of anilines is 1. The predicted molar refractivity (Wildman–Crippen MR) is 109 cm³/mol. The van der Waals surface area contributed by atoms with Crippen LogP contribution in [0, 0.1) is 0 Å². The van der Waals surface area contributed by atoms with Crippen molar-refractivity contribution in [2.75, 3.05) is 24.0 Å². The predicted octanol–water partition coefficient (Wildman–Crippen LogP) is 4.70. The zero-order chi connectivity index (χ0) is 18.8. The first-order valence-electron chi connectivity index (χ1n) is 8.60. The van der Waals surface area contributed by atoms with Crippen molar-refractivity contribution in [3.05, 3.63) is 54.4 Å². The van der Waals surface area contributed by atoms with Crippen molar-refractivity contribution in [3.8, 4) is 11.4 Å². The van der Waals surface area contributed by atoms with Gasteiger partial charge in [-0.1, -0.05) is 5.16 Å². The maximum atomic E-state index is 12.5. The van der Waals surface area contributed by atoms with Gasteiger partial charge in [0.15, 0.2) is 0 Å². The van der Waals surface area contributed by atoms with Crippen LogP contribution in [0.5, 0.6) is 0 Å². The van der Waals surface area contributed by atoms with Gasteiger partial charge in [-0.3, -0.25) is 4.79 Å². The molecular formula is C20H19N3O2S2. The van der Waals surface area contributed by atoms with Gasteiger partial charge in [0, 0.05) is 34.0 Å². The fourth-order valence-corrected chi connectivity index (χ4v) is 3.96. The summed E-state index contributed by atoms with van der Waals surface area (Å²) in [5.41, 5.74) is 1.82. The van der Waals surface area contributed by atoms with E-state index in [0.29, 0.717) is 24.7 Å². The molecule has 1 aliphatic rings. The van der Waals surface area contributed by atoms with Crippen LogP contribution in [0.1, 0.15) is 18.2 Å². The summed E-state index contributed by atoms with van der Waals surface area (Å²) in [5.74, 6) is 1.09. The minimum atomic E-state index is -0.0792. The van der Waals surface area contributed by atoms with Crippen molar-refractivity contribution in [1.29, 1.82) is 0 Å². The molecule has 3 aromatic rings. The molecule has 1 saturated heterocycles. The average molecular weight is 398 g/mol. The Bertz CT molecular complexity index is 939. The highest BCUT2D eigenvalue weighted by Crippen LogP contribution is 2.32. The molecule has 0 N–H and O–H groups in total. The number of benzene rings is 2. The van der Waals surface area contributed by atoms with Gasteiger partial charge in [-0.15, -0.1) is 23.5 Å². The third-order valence-electron chi connectivity index (χ3n) is 4.65. The van der Waals surface area contributed by atoms with Crippen LogP contribution in [0.15, 0.2) is 62.8 Å². The Morgan fingerprint density at radius 2 is 1.63 bits per heavy atom. The van der Waals surface area contributed by atoms with Gasteiger partial charge in [0.25, 0.3) is 0 Å². The maximum Gasteiger partial charge on any atom is 0.232 e. The second-order valence-corrected chi connectivity index (χ2v) is 8.05. The smallest absolute Gasteiger partial charge is 0.232 e. The third-order valence-corrected chi connectivity index (χ3v) is 6.14. The van der Waals surface area contributed by atoms with Gasteiger partial charge in [-0.25, -0.2) is 0 Å². The highest BCUT2D eigenvalue weighted by atomic mass is 32.2. The Morgan fingerprint density at radius 1 is 1.00 bits per heavy atom. The molecule has 0 radical (unpaired) electrons. The van der Waals surface area contributed by atoms with Gasteiger partial charge in [0.1, 0.15) is 0 Å². The first kappa shape index (κ1) is 18.1. The van der Waals surface area contributed by atoms with Crippen LogP contribution in [-0.2, 0) is 4.79 Å². The second kappa shape index (κ2) is 7.78. The molecule has 1 aliphatic heterocycles. The number of nitrogens with zero attached hydrogens (tertiary/aromatic N) is 3. The molecular weight excluding hydrogens is 378 g/mol. The summed E-state index contributed by atoms with van der Waals surface area (Å²) in [6, 6.07) is 16.1. The summed E-state index contributed by atoms with van der Waals surface area (Å²) >= 11 is 3.37. The van der Waals surface area contributed by atoms with Crippen molar-refractivity contribution >= 4 is 35.1 Å². The summed E-state index contributed by atoms with van der Waals surface area (Å²) in [5, 5.41) is 4.11. The second-order valence-electron chi connectivity index (χ2n) is 6.29. The molecule has 1 amide bonds. The largest absolute Gasteiger partial charge is 0.339 e. The molecule has 27 heavy (non-hydrogen) atoms. The van der Waals surface area contributed by atoms with Gasteiger partial charge in [0.05, 0.1) is 5.92 Å². The molecule has 2 heterocycles. The molecule has 4 rings (SSSR count). The lowest BCUT2D eigenvalue weighted by Gasteiger charge is -2.16. The number of aromatic nitrogens is 2. The van der Waals surface area contributed by atoms with E-state index >= 15 is 0 Å². The molecule has 0 spiro atoms. The zero-order valence-corrected chi connectivity index (χ0v) is 16.7. The summed E-state index contributed by atoms with van der Waals surface area (Å²) < 4.78 is 5.48. The normalized spacial score (nSPS) is 16.9. The summed E-state index contributed by atoms with van der Waals surface area (Å²) in [6.07, 6.45) is 4.46. The summed E-state index contributed by atoms with van der Waals surface area (Å²) in [6.45, 7) is 0.560. The average Bonchev–Trinajstić information content (AvgIpc) is 3.35. The van der Waals surface area contributed by atoms with E-state index in [1.165, 1.54) is 9.79 Å². The highest BCUT2D eigenvalue weighted by Gasteiger charge is 2.35. The van der Waals surface area contributed by atoms with E-state index in [1.54, 1.807) is 28.4 Å². The maximum absolute atomic E-state index is 12.5. The number of hydrogen-bond acceptors (Lipinski definition) is 6. The standard InChI is InChI=1S/C20H19N3O2S2/c1-26-16-7-3-13(4-8-16)19-21-20(25-22-19)14-11-18(24)23(12-14)15-5-9-17(27-2)10-6-15/h3-10,14H,11-12H2,1-2H3. The summed E-state index contributed by atoms with van der Waals surface area (Å²) in [7, 11) is 0. The fourth-order valence-electron chi connectivity index (χ4n) is 3.14. The zero-order valence-electron chi connectivity index (χ0n) is 15.1. The van der Waals surface area contributed by atoms with Gasteiger partial charge in [-0.05, 0) is 61.0 Å². The molecule has 2 aromatic carbocycles. The first-order valence-corrected chi connectivity index (χ1v) is 11.1. The van der Waals surface area contributed by atoms with E-state index in [1.807, 2.05) is 61.0 Å². The van der Waals surface area contributed by atoms with Crippen LogP contribution in [0.2, 0.25) is 0 Å². The lowest BCUT2D eigenvalue weighted by molar-refractivity contribution is -0.117. The number of carbonyl (C=O) groups is 1. The van der Waals surface area contributed by atoms with Gasteiger partial charge in [-0.2, -0.15) is 4.98 Å². The number of carbonyl (C=O) groups excluding carboxylic acids is 1. The molecule has 1 aromatic heterocycles. The van der Waals surface area contributed by atoms with Crippen molar-refractivity contribution < 1.29 is 9.32 Å². The molecule has 0 aliphatic carbocycles. The Hall–Kier alpha value is -2.25. The molecule has 1 atom stereocenters. The topological polar surface area (TPSA) is 59.2 Å². The van der Waals surface area contributed by atoms with Crippen molar-refractivity contribution in [2.45, 2.75) is 22.1 Å². The van der Waals surface area contributed by atoms with E-state index in [4.69, 9.17) is 4.52 Å². The first-order chi connectivity index (χ1) is 13.2. The Morgan fingerprint density at radius 3 is 2.26 bits per heavy atom. The van der Waals surface area contributed by atoms with E-state index in [2.05, 4.69) is 10.1 Å². The monoisotopic (exact) mass is 397 g/mol. The van der Waals surface area contributed by atoms with Gasteiger partial charge < -0.3 is 9.42 Å².